The number of carbonyl (C=O) groups excluding carboxylic acids is 9. The van der Waals surface area contributed by atoms with Gasteiger partial charge in [-0.15, -0.1) is 0 Å². The number of nitrogens with two attached hydrogens (primary N) is 5. The van der Waals surface area contributed by atoms with Crippen LogP contribution in [0.4, 0.5) is 0 Å². The van der Waals surface area contributed by atoms with E-state index in [-0.39, 0.29) is 93.9 Å². The highest BCUT2D eigenvalue weighted by molar-refractivity contribution is 8.76. The van der Waals surface area contributed by atoms with E-state index in [1.165, 1.54) is 23.6 Å². The lowest BCUT2D eigenvalue weighted by molar-refractivity contribution is -0.142. The van der Waals surface area contributed by atoms with Crippen molar-refractivity contribution in [2.45, 2.75) is 114 Å². The smallest absolute Gasteiger partial charge is 0.245 e. The average Bonchev–Trinajstić information content (AvgIpc) is 3.73. The largest absolute Gasteiger partial charge is 0.370 e. The second kappa shape index (κ2) is 29.4. The van der Waals surface area contributed by atoms with E-state index in [1.807, 2.05) is 20.1 Å². The van der Waals surface area contributed by atoms with Gasteiger partial charge in [0.15, 0.2) is 11.9 Å². The molecule has 2 heterocycles. The van der Waals surface area contributed by atoms with Gasteiger partial charge in [-0.1, -0.05) is 35.4 Å². The van der Waals surface area contributed by atoms with Crippen molar-refractivity contribution in [3.63, 3.8) is 0 Å². The van der Waals surface area contributed by atoms with E-state index in [1.54, 1.807) is 0 Å². The maximum Gasteiger partial charge on any atom is 0.245 e. The summed E-state index contributed by atoms with van der Waals surface area (Å²) in [6.45, 7) is 4.64. The van der Waals surface area contributed by atoms with E-state index < -0.39 is 102 Å². The number of guanidine groups is 2. The SMILES string of the molecule is CSCC[C@H]1NC(=O)[C@@H](NC(C)=O)CSSC[C@@H](C(N)=O)NC(=O)CNC(=O)[C@H](CCCN=C(N)N)NC(=O)[C@H](CC(C)C)NC(=O)[C@H](CCCN=C(N)N)NC(=O)[C@@H]2CCCN2C1=O. The van der Waals surface area contributed by atoms with Crippen LogP contribution in [0.5, 0.6) is 0 Å². The molecule has 0 spiro atoms. The lowest BCUT2D eigenvalue weighted by Gasteiger charge is -2.31. The normalized spacial score (nSPS) is 24.8. The molecule has 65 heavy (non-hydrogen) atoms. The van der Waals surface area contributed by atoms with Gasteiger partial charge in [-0.3, -0.25) is 53.1 Å². The van der Waals surface area contributed by atoms with Crippen molar-refractivity contribution in [2.24, 2.45) is 44.6 Å². The van der Waals surface area contributed by atoms with Crippen LogP contribution in [0.15, 0.2) is 9.98 Å². The van der Waals surface area contributed by atoms with Gasteiger partial charge in [-0.05, 0) is 69.3 Å². The number of nitrogens with zero attached hydrogens (tertiary/aromatic N) is 3. The average molecular weight is 974 g/mol. The Labute approximate surface area is 391 Å². The molecule has 0 aliphatic carbocycles. The van der Waals surface area contributed by atoms with Crippen LogP contribution in [-0.4, -0.2) is 162 Å². The summed E-state index contributed by atoms with van der Waals surface area (Å²) < 4.78 is 0. The third kappa shape index (κ3) is 21.1. The van der Waals surface area contributed by atoms with Gasteiger partial charge in [-0.2, -0.15) is 11.8 Å². The molecule has 2 rings (SSSR count). The zero-order valence-electron chi connectivity index (χ0n) is 37.4. The summed E-state index contributed by atoms with van der Waals surface area (Å²) in [4.78, 5) is 131. The fourth-order valence-corrected chi connectivity index (χ4v) is 9.53. The Morgan fingerprint density at radius 1 is 0.754 bits per heavy atom. The Hall–Kier alpha value is -5.18. The van der Waals surface area contributed by atoms with Crippen molar-refractivity contribution < 1.29 is 43.2 Å². The molecule has 0 saturated carbocycles. The van der Waals surface area contributed by atoms with Crippen molar-refractivity contribution in [3.05, 3.63) is 0 Å². The number of aliphatic imine (C=N–C) groups is 2. The monoisotopic (exact) mass is 973 g/mol. The van der Waals surface area contributed by atoms with Crippen LogP contribution >= 0.6 is 33.3 Å². The highest BCUT2D eigenvalue weighted by Crippen LogP contribution is 2.24. The van der Waals surface area contributed by atoms with Crippen LogP contribution in [-0.2, 0) is 43.2 Å². The summed E-state index contributed by atoms with van der Waals surface area (Å²) in [5.74, 6) is -6.41. The third-order valence-electron chi connectivity index (χ3n) is 9.91. The number of fused-ring (bicyclic) bond motifs is 1. The van der Waals surface area contributed by atoms with Crippen molar-refractivity contribution in [3.8, 4) is 0 Å². The van der Waals surface area contributed by atoms with E-state index in [9.17, 15) is 43.2 Å². The molecule has 0 aromatic carbocycles. The minimum absolute atomic E-state index is 0.00577. The number of nitrogens with one attached hydrogen (secondary N) is 7. The van der Waals surface area contributed by atoms with Crippen molar-refractivity contribution in [2.75, 3.05) is 49.7 Å². The van der Waals surface area contributed by atoms with E-state index >= 15 is 0 Å². The molecule has 0 radical (unpaired) electrons. The van der Waals surface area contributed by atoms with E-state index in [0.29, 0.717) is 12.2 Å². The molecule has 0 bridgehead atoms. The fraction of sp³-hybridized carbons (Fsp3) is 0.711. The number of rotatable bonds is 15. The standard InChI is InChI=1S/C38H67N15O9S3/c1-20(2)16-25-33(59)49-22(8-5-12-44-37(40)41)31(57)46-17-29(55)48-26(30(39)56)18-64-65-19-27(47-21(3)54)34(60)51-24(11-15-63-4)36(62)53-14-7-10-28(53)35(61)50-23(32(58)52-25)9-6-13-45-38(42)43/h20,22-28H,5-19H2,1-4H3,(H2,39,56)(H,46,57)(H,47,54)(H,48,55)(H,49,59)(H,50,61)(H,51,60)(H,52,58)(H4,40,41,44)(H4,42,43,45)/t22-,23-,24+,25-,26-,27-,28-/m0/s1. The highest BCUT2D eigenvalue weighted by atomic mass is 33.1. The van der Waals surface area contributed by atoms with E-state index in [4.69, 9.17) is 28.7 Å². The summed E-state index contributed by atoms with van der Waals surface area (Å²) in [6.07, 6.45) is 3.30. The van der Waals surface area contributed by atoms with Crippen LogP contribution in [0.1, 0.15) is 72.1 Å². The molecule has 17 N–H and O–H groups in total. The van der Waals surface area contributed by atoms with Crippen LogP contribution in [0.3, 0.4) is 0 Å². The molecule has 27 heteroatoms. The first-order chi connectivity index (χ1) is 30.7. The molecule has 0 unspecified atom stereocenters. The number of primary amides is 1. The summed E-state index contributed by atoms with van der Waals surface area (Å²) in [5, 5.41) is 18.4. The lowest BCUT2D eigenvalue weighted by atomic mass is 10.0. The molecule has 2 aliphatic rings. The van der Waals surface area contributed by atoms with Gasteiger partial charge in [-0.25, -0.2) is 0 Å². The Morgan fingerprint density at radius 3 is 1.88 bits per heavy atom. The predicted octanol–water partition coefficient (Wildman–Crippen LogP) is -4.19. The van der Waals surface area contributed by atoms with E-state index in [0.717, 1.165) is 21.6 Å². The number of hydrogen-bond donors (Lipinski definition) is 12. The summed E-state index contributed by atoms with van der Waals surface area (Å²) in [5.41, 5.74) is 27.5. The van der Waals surface area contributed by atoms with Gasteiger partial charge in [0.2, 0.25) is 53.2 Å². The van der Waals surface area contributed by atoms with Crippen LogP contribution in [0, 0.1) is 5.92 Å². The molecule has 2 saturated heterocycles. The Morgan fingerprint density at radius 2 is 1.31 bits per heavy atom. The quantitative estimate of drug-likeness (QED) is 0.0320. The minimum Gasteiger partial charge on any atom is -0.370 e. The molecule has 2 aliphatic heterocycles. The zero-order valence-corrected chi connectivity index (χ0v) is 39.8. The third-order valence-corrected chi connectivity index (χ3v) is 13.0. The van der Waals surface area contributed by atoms with Gasteiger partial charge >= 0.3 is 0 Å². The predicted molar refractivity (Wildman–Crippen MR) is 251 cm³/mol. The second-order valence-electron chi connectivity index (χ2n) is 15.8. The molecule has 24 nitrogen and oxygen atoms in total. The highest BCUT2D eigenvalue weighted by Gasteiger charge is 2.40. The van der Waals surface area contributed by atoms with E-state index in [2.05, 4.69) is 47.2 Å². The number of hydrogen-bond acceptors (Lipinski definition) is 14. The van der Waals surface area contributed by atoms with Crippen molar-refractivity contribution in [1.29, 1.82) is 0 Å². The fourth-order valence-electron chi connectivity index (χ4n) is 6.72. The Kier molecular flexibility index (Phi) is 25.3. The van der Waals surface area contributed by atoms with Crippen LogP contribution in [0.25, 0.3) is 0 Å². The molecule has 2 fully saturated rings. The lowest BCUT2D eigenvalue weighted by Crippen LogP contribution is -2.59. The first-order valence-electron chi connectivity index (χ1n) is 21.2. The molecular formula is C38H67N15O9S3. The second-order valence-corrected chi connectivity index (χ2v) is 19.3. The van der Waals surface area contributed by atoms with Gasteiger partial charge in [0.1, 0.15) is 42.3 Å². The molecule has 7 atom stereocenters. The molecule has 0 aromatic rings. The Bertz CT molecular complexity index is 1730. The minimum atomic E-state index is -1.25. The maximum absolute atomic E-state index is 14.2. The molecular weight excluding hydrogens is 907 g/mol. The summed E-state index contributed by atoms with van der Waals surface area (Å²) >= 11 is 1.44. The molecule has 366 valence electrons. The van der Waals surface area contributed by atoms with Gasteiger partial charge in [0.05, 0.1) is 6.54 Å². The first kappa shape index (κ1) is 56.0. The Balaban J connectivity index is 2.61. The molecule has 0 aromatic heterocycles. The van der Waals surface area contributed by atoms with Crippen LogP contribution < -0.4 is 65.9 Å². The van der Waals surface area contributed by atoms with Gasteiger partial charge in [0, 0.05) is 38.1 Å². The topological polar surface area (TPSA) is 396 Å². The zero-order chi connectivity index (χ0) is 48.6. The van der Waals surface area contributed by atoms with Gasteiger partial charge < -0.3 is 70.8 Å². The maximum atomic E-state index is 14.2. The number of carbonyl (C=O) groups is 9. The van der Waals surface area contributed by atoms with Crippen molar-refractivity contribution >= 4 is 98.4 Å². The summed E-state index contributed by atoms with van der Waals surface area (Å²) in [6, 6.07) is -8.15. The van der Waals surface area contributed by atoms with Gasteiger partial charge in [0.25, 0.3) is 0 Å². The molecule has 9 amide bonds. The number of thioether (sulfide) groups is 1. The first-order valence-corrected chi connectivity index (χ1v) is 25.1. The summed E-state index contributed by atoms with van der Waals surface area (Å²) in [7, 11) is 2.17. The van der Waals surface area contributed by atoms with Crippen molar-refractivity contribution in [1.82, 2.24) is 42.1 Å². The van der Waals surface area contributed by atoms with Crippen LogP contribution in [0.2, 0.25) is 0 Å². The number of amides is 9.